The highest BCUT2D eigenvalue weighted by atomic mass is 32.2. The molecule has 0 unspecified atom stereocenters. The van der Waals surface area contributed by atoms with Crippen LogP contribution in [0.25, 0.3) is 0 Å². The van der Waals surface area contributed by atoms with E-state index in [0.717, 1.165) is 17.2 Å². The molecule has 1 aliphatic heterocycles. The van der Waals surface area contributed by atoms with Crippen molar-refractivity contribution in [1.82, 2.24) is 9.59 Å². The summed E-state index contributed by atoms with van der Waals surface area (Å²) < 4.78 is 31.4. The average Bonchev–Trinajstić information content (AvgIpc) is 2.90. The molecule has 1 aromatic heterocycles. The quantitative estimate of drug-likeness (QED) is 0.921. The van der Waals surface area contributed by atoms with E-state index in [4.69, 9.17) is 0 Å². The van der Waals surface area contributed by atoms with Gasteiger partial charge in [-0.2, -0.15) is 8.42 Å². The van der Waals surface area contributed by atoms with Gasteiger partial charge in [-0.3, -0.25) is 0 Å². The summed E-state index contributed by atoms with van der Waals surface area (Å²) >= 11 is 1.28. The Morgan fingerprint density at radius 2 is 2.14 bits per heavy atom. The third-order valence-corrected chi connectivity index (χ3v) is 4.99. The van der Waals surface area contributed by atoms with Crippen LogP contribution in [0.4, 0.5) is 10.7 Å². The molecule has 9 heteroatoms. The van der Waals surface area contributed by atoms with Gasteiger partial charge in [-0.15, -0.1) is 9.50 Å². The fourth-order valence-corrected chi connectivity index (χ4v) is 3.74. The second-order valence-corrected chi connectivity index (χ2v) is 6.73. The summed E-state index contributed by atoms with van der Waals surface area (Å²) in [6, 6.07) is 6.79. The van der Waals surface area contributed by atoms with Crippen LogP contribution in [-0.2, 0) is 16.6 Å². The zero-order valence-corrected chi connectivity index (χ0v) is 12.9. The lowest BCUT2D eigenvalue weighted by Gasteiger charge is -2.24. The average molecular weight is 323 g/mol. The van der Waals surface area contributed by atoms with Gasteiger partial charge in [-0.05, 0) is 19.1 Å². The van der Waals surface area contributed by atoms with Gasteiger partial charge < -0.3 is 10.2 Å². The fourth-order valence-electron chi connectivity index (χ4n) is 2.04. The Bertz CT molecular complexity index is 784. The van der Waals surface area contributed by atoms with Crippen LogP contribution in [0.5, 0.6) is 0 Å². The second kappa shape index (κ2) is 5.41. The molecule has 1 aromatic carbocycles. The molecule has 0 aliphatic carbocycles. The Balaban J connectivity index is 1.95. The van der Waals surface area contributed by atoms with Gasteiger partial charge in [0.05, 0.1) is 12.2 Å². The minimum Gasteiger partial charge on any atom is -0.374 e. The van der Waals surface area contributed by atoms with Crippen LogP contribution in [0.2, 0.25) is 0 Å². The van der Waals surface area contributed by atoms with Crippen molar-refractivity contribution in [2.45, 2.75) is 18.4 Å². The van der Waals surface area contributed by atoms with Crippen molar-refractivity contribution in [2.24, 2.45) is 4.40 Å². The van der Waals surface area contributed by atoms with Crippen LogP contribution in [0.1, 0.15) is 12.6 Å². The molecule has 7 nitrogen and oxygen atoms in total. The van der Waals surface area contributed by atoms with Gasteiger partial charge in [0.2, 0.25) is 0 Å². The van der Waals surface area contributed by atoms with Crippen molar-refractivity contribution in [2.75, 3.05) is 16.8 Å². The number of anilines is 2. The molecule has 0 atom stereocenters. The number of nitrogens with one attached hydrogen (secondary N) is 1. The van der Waals surface area contributed by atoms with Crippen LogP contribution in [-0.4, -0.2) is 30.9 Å². The van der Waals surface area contributed by atoms with Crippen molar-refractivity contribution in [1.29, 1.82) is 0 Å². The maximum absolute atomic E-state index is 11.9. The molecule has 0 radical (unpaired) electrons. The fraction of sp³-hybridized carbons (Fsp3) is 0.250. The van der Waals surface area contributed by atoms with Gasteiger partial charge in [0.25, 0.3) is 10.0 Å². The van der Waals surface area contributed by atoms with Crippen molar-refractivity contribution < 1.29 is 8.42 Å². The van der Waals surface area contributed by atoms with Gasteiger partial charge in [0.1, 0.15) is 21.9 Å². The maximum Gasteiger partial charge on any atom is 0.285 e. The highest BCUT2D eigenvalue weighted by Crippen LogP contribution is 2.31. The Kier molecular flexibility index (Phi) is 3.60. The minimum absolute atomic E-state index is 0.209. The van der Waals surface area contributed by atoms with E-state index in [9.17, 15) is 8.42 Å². The highest BCUT2D eigenvalue weighted by molar-refractivity contribution is 7.90. The first-order valence-electron chi connectivity index (χ1n) is 6.33. The molecule has 0 amide bonds. The van der Waals surface area contributed by atoms with E-state index in [1.807, 2.05) is 6.92 Å². The van der Waals surface area contributed by atoms with Gasteiger partial charge in [-0.25, -0.2) is 0 Å². The van der Waals surface area contributed by atoms with Crippen molar-refractivity contribution >= 4 is 38.6 Å². The lowest BCUT2D eigenvalue weighted by molar-refractivity contribution is 0.597. The summed E-state index contributed by atoms with van der Waals surface area (Å²) in [5, 5.41) is 8.17. The first-order chi connectivity index (χ1) is 10.1. The van der Waals surface area contributed by atoms with E-state index in [-0.39, 0.29) is 4.90 Å². The number of para-hydroxylation sites is 1. The summed E-state index contributed by atoms with van der Waals surface area (Å²) in [5.74, 6) is 0. The number of fused-ring (bicyclic) bond motifs is 1. The van der Waals surface area contributed by atoms with Crippen LogP contribution in [0.15, 0.2) is 33.6 Å². The van der Waals surface area contributed by atoms with E-state index in [1.54, 1.807) is 29.2 Å². The molecule has 0 fully saturated rings. The number of hydrogen-bond acceptors (Lipinski definition) is 7. The second-order valence-electron chi connectivity index (χ2n) is 4.37. The molecule has 2 aromatic rings. The smallest absolute Gasteiger partial charge is 0.285 e. The molecule has 3 rings (SSSR count). The third kappa shape index (κ3) is 2.61. The first-order valence-corrected chi connectivity index (χ1v) is 8.54. The molecule has 0 bridgehead atoms. The van der Waals surface area contributed by atoms with Crippen LogP contribution >= 0.6 is 11.5 Å². The molecular weight excluding hydrogens is 310 g/mol. The van der Waals surface area contributed by atoms with Crippen molar-refractivity contribution in [3.63, 3.8) is 0 Å². The predicted octanol–water partition coefficient (Wildman–Crippen LogP) is 1.71. The number of benzene rings is 1. The number of hydrogen-bond donors (Lipinski definition) is 1. The van der Waals surface area contributed by atoms with E-state index in [1.165, 1.54) is 17.9 Å². The SMILES string of the molecule is CCNc1snnc1CN1C=NS(=O)(=O)c2ccccc21. The lowest BCUT2D eigenvalue weighted by atomic mass is 10.3. The first kappa shape index (κ1) is 14.0. The Hall–Kier alpha value is -2.00. The molecule has 110 valence electrons. The summed E-state index contributed by atoms with van der Waals surface area (Å²) in [4.78, 5) is 1.97. The topological polar surface area (TPSA) is 87.6 Å². The van der Waals surface area contributed by atoms with Gasteiger partial charge in [0.15, 0.2) is 0 Å². The van der Waals surface area contributed by atoms with Crippen LogP contribution in [0, 0.1) is 0 Å². The Morgan fingerprint density at radius 3 is 2.95 bits per heavy atom. The van der Waals surface area contributed by atoms with E-state index < -0.39 is 10.0 Å². The Labute approximate surface area is 126 Å². The summed E-state index contributed by atoms with van der Waals surface area (Å²) in [6.45, 7) is 3.18. The standard InChI is InChI=1S/C12H13N5O2S2/c1-2-13-12-9(15-16-20-12)7-17-8-14-21(18,19)11-6-4-3-5-10(11)17/h3-6,8,13H,2,7H2,1H3. The maximum atomic E-state index is 11.9. The van der Waals surface area contributed by atoms with Crippen LogP contribution < -0.4 is 10.2 Å². The summed E-state index contributed by atoms with van der Waals surface area (Å²) in [6.07, 6.45) is 1.33. The summed E-state index contributed by atoms with van der Waals surface area (Å²) in [5.41, 5.74) is 1.37. The normalized spacial score (nSPS) is 15.8. The largest absolute Gasteiger partial charge is 0.374 e. The predicted molar refractivity (Wildman–Crippen MR) is 82.4 cm³/mol. The number of aromatic nitrogens is 2. The van der Waals surface area contributed by atoms with Gasteiger partial charge in [0, 0.05) is 18.1 Å². The summed E-state index contributed by atoms with van der Waals surface area (Å²) in [7, 11) is -3.60. The lowest BCUT2D eigenvalue weighted by Crippen LogP contribution is -2.27. The zero-order chi connectivity index (χ0) is 14.9. The molecule has 1 aliphatic rings. The van der Waals surface area contributed by atoms with Crippen molar-refractivity contribution in [3.05, 3.63) is 30.0 Å². The molecule has 0 spiro atoms. The monoisotopic (exact) mass is 323 g/mol. The molecule has 21 heavy (non-hydrogen) atoms. The van der Waals surface area contributed by atoms with E-state index >= 15 is 0 Å². The molecule has 1 N–H and O–H groups in total. The number of nitrogens with zero attached hydrogens (tertiary/aromatic N) is 4. The number of rotatable bonds is 4. The van der Waals surface area contributed by atoms with E-state index in [2.05, 4.69) is 19.3 Å². The van der Waals surface area contributed by atoms with Crippen LogP contribution in [0.3, 0.4) is 0 Å². The van der Waals surface area contributed by atoms with E-state index in [0.29, 0.717) is 12.2 Å². The molecule has 0 saturated carbocycles. The highest BCUT2D eigenvalue weighted by Gasteiger charge is 2.25. The Morgan fingerprint density at radius 1 is 1.33 bits per heavy atom. The third-order valence-electron chi connectivity index (χ3n) is 2.99. The minimum atomic E-state index is -3.60. The van der Waals surface area contributed by atoms with Gasteiger partial charge in [-0.1, -0.05) is 16.6 Å². The van der Waals surface area contributed by atoms with Gasteiger partial charge >= 0.3 is 0 Å². The van der Waals surface area contributed by atoms with Crippen molar-refractivity contribution in [3.8, 4) is 0 Å². The molecular formula is C12H13N5O2S2. The molecule has 0 saturated heterocycles. The number of sulfonamides is 1. The molecule has 2 heterocycles. The zero-order valence-electron chi connectivity index (χ0n) is 11.2.